The summed E-state index contributed by atoms with van der Waals surface area (Å²) < 4.78 is 0. The Labute approximate surface area is 104 Å². The molecule has 0 spiro atoms. The van der Waals surface area contributed by atoms with E-state index in [0.29, 0.717) is 6.04 Å². The minimum Gasteiger partial charge on any atom is -0.341 e. The highest BCUT2D eigenvalue weighted by Gasteiger charge is 2.47. The van der Waals surface area contributed by atoms with E-state index in [1.165, 1.54) is 12.8 Å². The van der Waals surface area contributed by atoms with Crippen molar-refractivity contribution < 1.29 is 4.79 Å². The molecule has 0 N–H and O–H groups in total. The standard InChI is InChI=1S/C14H22N2O/c1-11-4-6-12(7-5-11)16(2)13(17)14(10-15)8-3-9-14/h11-12H,3-9H2,1-2H3. The summed E-state index contributed by atoms with van der Waals surface area (Å²) in [6.45, 7) is 2.28. The van der Waals surface area contributed by atoms with Crippen LogP contribution in [0.5, 0.6) is 0 Å². The number of carbonyl (C=O) groups is 1. The third kappa shape index (κ3) is 2.18. The molecule has 0 unspecified atom stereocenters. The summed E-state index contributed by atoms with van der Waals surface area (Å²) in [5.41, 5.74) is -0.669. The summed E-state index contributed by atoms with van der Waals surface area (Å²) in [5.74, 6) is 0.870. The zero-order chi connectivity index (χ0) is 12.5. The van der Waals surface area contributed by atoms with Crippen LogP contribution in [0.3, 0.4) is 0 Å². The summed E-state index contributed by atoms with van der Waals surface area (Å²) in [5, 5.41) is 9.20. The fraction of sp³-hybridized carbons (Fsp3) is 0.857. The zero-order valence-electron chi connectivity index (χ0n) is 10.9. The lowest BCUT2D eigenvalue weighted by Gasteiger charge is -2.41. The van der Waals surface area contributed by atoms with Gasteiger partial charge in [-0.25, -0.2) is 0 Å². The van der Waals surface area contributed by atoms with Gasteiger partial charge < -0.3 is 4.90 Å². The molecular weight excluding hydrogens is 212 g/mol. The first kappa shape index (κ1) is 12.4. The average molecular weight is 234 g/mol. The van der Waals surface area contributed by atoms with Gasteiger partial charge in [-0.05, 0) is 50.9 Å². The number of nitrogens with zero attached hydrogens (tertiary/aromatic N) is 2. The minimum absolute atomic E-state index is 0.0748. The van der Waals surface area contributed by atoms with Gasteiger partial charge in [-0.15, -0.1) is 0 Å². The first-order chi connectivity index (χ1) is 8.09. The first-order valence-corrected chi connectivity index (χ1v) is 6.77. The van der Waals surface area contributed by atoms with Crippen LogP contribution in [0.2, 0.25) is 0 Å². The summed E-state index contributed by atoms with van der Waals surface area (Å²) in [4.78, 5) is 14.2. The van der Waals surface area contributed by atoms with Gasteiger partial charge in [-0.1, -0.05) is 6.92 Å². The fourth-order valence-electron chi connectivity index (χ4n) is 3.04. The first-order valence-electron chi connectivity index (χ1n) is 6.77. The summed E-state index contributed by atoms with van der Waals surface area (Å²) in [7, 11) is 1.89. The Balaban J connectivity index is 1.98. The second-order valence-corrected chi connectivity index (χ2v) is 5.88. The van der Waals surface area contributed by atoms with Crippen molar-refractivity contribution in [1.29, 1.82) is 5.26 Å². The van der Waals surface area contributed by atoms with Gasteiger partial charge in [-0.2, -0.15) is 5.26 Å². The third-order valence-corrected chi connectivity index (χ3v) is 4.68. The van der Waals surface area contributed by atoms with E-state index in [0.717, 1.165) is 38.0 Å². The molecular formula is C14H22N2O. The van der Waals surface area contributed by atoms with Crippen molar-refractivity contribution in [1.82, 2.24) is 4.90 Å². The predicted octanol–water partition coefficient (Wildman–Crippen LogP) is 2.72. The third-order valence-electron chi connectivity index (χ3n) is 4.68. The molecule has 0 aromatic heterocycles. The SMILES string of the molecule is CC1CCC(N(C)C(=O)C2(C#N)CCC2)CC1. The van der Waals surface area contributed by atoms with Gasteiger partial charge in [0.1, 0.15) is 5.41 Å². The van der Waals surface area contributed by atoms with Crippen molar-refractivity contribution in [2.24, 2.45) is 11.3 Å². The van der Waals surface area contributed by atoms with E-state index in [1.807, 2.05) is 11.9 Å². The molecule has 1 amide bonds. The fourth-order valence-corrected chi connectivity index (χ4v) is 3.04. The number of amides is 1. The quantitative estimate of drug-likeness (QED) is 0.737. The molecule has 0 heterocycles. The van der Waals surface area contributed by atoms with Crippen LogP contribution in [0.1, 0.15) is 51.9 Å². The molecule has 0 atom stereocenters. The van der Waals surface area contributed by atoms with E-state index < -0.39 is 5.41 Å². The van der Waals surface area contributed by atoms with E-state index in [9.17, 15) is 10.1 Å². The highest BCUT2D eigenvalue weighted by atomic mass is 16.2. The van der Waals surface area contributed by atoms with Gasteiger partial charge in [0.25, 0.3) is 0 Å². The van der Waals surface area contributed by atoms with Gasteiger partial charge in [0, 0.05) is 13.1 Å². The molecule has 2 rings (SSSR count). The molecule has 3 nitrogen and oxygen atoms in total. The van der Waals surface area contributed by atoms with E-state index in [-0.39, 0.29) is 5.91 Å². The highest BCUT2D eigenvalue weighted by Crippen LogP contribution is 2.42. The molecule has 0 aromatic carbocycles. The maximum Gasteiger partial charge on any atom is 0.243 e. The van der Waals surface area contributed by atoms with Crippen LogP contribution in [0, 0.1) is 22.7 Å². The van der Waals surface area contributed by atoms with Crippen molar-refractivity contribution in [3.8, 4) is 6.07 Å². The smallest absolute Gasteiger partial charge is 0.243 e. The Morgan fingerprint density at radius 3 is 2.29 bits per heavy atom. The Morgan fingerprint density at radius 1 is 1.29 bits per heavy atom. The van der Waals surface area contributed by atoms with Gasteiger partial charge in [0.05, 0.1) is 6.07 Å². The molecule has 0 bridgehead atoms. The van der Waals surface area contributed by atoms with Crippen molar-refractivity contribution in [3.05, 3.63) is 0 Å². The Kier molecular flexibility index (Phi) is 3.42. The molecule has 2 aliphatic carbocycles. The maximum atomic E-state index is 12.4. The maximum absolute atomic E-state index is 12.4. The van der Waals surface area contributed by atoms with Crippen LogP contribution in [0.4, 0.5) is 0 Å². The van der Waals surface area contributed by atoms with E-state index >= 15 is 0 Å². The van der Waals surface area contributed by atoms with Crippen molar-refractivity contribution in [3.63, 3.8) is 0 Å². The highest BCUT2D eigenvalue weighted by molar-refractivity contribution is 5.86. The van der Waals surface area contributed by atoms with Crippen molar-refractivity contribution >= 4 is 5.91 Å². The Hall–Kier alpha value is -1.04. The van der Waals surface area contributed by atoms with Crippen LogP contribution in [-0.2, 0) is 4.79 Å². The van der Waals surface area contributed by atoms with E-state index in [4.69, 9.17) is 0 Å². The molecule has 0 aliphatic heterocycles. The van der Waals surface area contributed by atoms with Crippen molar-refractivity contribution in [2.75, 3.05) is 7.05 Å². The lowest BCUT2D eigenvalue weighted by atomic mass is 9.68. The Morgan fingerprint density at radius 2 is 1.88 bits per heavy atom. The number of hydrogen-bond acceptors (Lipinski definition) is 2. The Bertz CT molecular complexity index is 333. The number of carbonyl (C=O) groups excluding carboxylic acids is 1. The molecule has 0 saturated heterocycles. The van der Waals surface area contributed by atoms with Crippen LogP contribution in [-0.4, -0.2) is 23.9 Å². The lowest BCUT2D eigenvalue weighted by Crippen LogP contribution is -2.50. The molecule has 3 heteroatoms. The second kappa shape index (κ2) is 4.68. The summed E-state index contributed by atoms with van der Waals surface area (Å²) in [6, 6.07) is 2.62. The molecule has 94 valence electrons. The molecule has 2 fully saturated rings. The molecule has 2 saturated carbocycles. The lowest BCUT2D eigenvalue weighted by molar-refractivity contribution is -0.144. The number of nitriles is 1. The zero-order valence-corrected chi connectivity index (χ0v) is 10.9. The van der Waals surface area contributed by atoms with Gasteiger partial charge in [-0.3, -0.25) is 4.79 Å². The van der Waals surface area contributed by atoms with Crippen molar-refractivity contribution in [2.45, 2.75) is 57.9 Å². The van der Waals surface area contributed by atoms with Gasteiger partial charge >= 0.3 is 0 Å². The average Bonchev–Trinajstić information content (AvgIpc) is 2.28. The molecule has 17 heavy (non-hydrogen) atoms. The number of hydrogen-bond donors (Lipinski definition) is 0. The molecule has 0 radical (unpaired) electrons. The largest absolute Gasteiger partial charge is 0.341 e. The van der Waals surface area contributed by atoms with Gasteiger partial charge in [0.2, 0.25) is 5.91 Å². The summed E-state index contributed by atoms with van der Waals surface area (Å²) in [6.07, 6.45) is 7.17. The van der Waals surface area contributed by atoms with Crippen LogP contribution >= 0.6 is 0 Å². The monoisotopic (exact) mass is 234 g/mol. The van der Waals surface area contributed by atoms with Crippen LogP contribution in [0.15, 0.2) is 0 Å². The van der Waals surface area contributed by atoms with E-state index in [1.54, 1.807) is 0 Å². The molecule has 2 aliphatic rings. The van der Waals surface area contributed by atoms with Crippen LogP contribution < -0.4 is 0 Å². The molecule has 0 aromatic rings. The normalized spacial score (nSPS) is 31.1. The predicted molar refractivity (Wildman–Crippen MR) is 66.1 cm³/mol. The van der Waals surface area contributed by atoms with Gasteiger partial charge in [0.15, 0.2) is 0 Å². The summed E-state index contributed by atoms with van der Waals surface area (Å²) >= 11 is 0. The second-order valence-electron chi connectivity index (χ2n) is 5.88. The topological polar surface area (TPSA) is 44.1 Å². The van der Waals surface area contributed by atoms with E-state index in [2.05, 4.69) is 13.0 Å². The number of rotatable bonds is 2. The van der Waals surface area contributed by atoms with Crippen LogP contribution in [0.25, 0.3) is 0 Å². The minimum atomic E-state index is -0.669.